The van der Waals surface area contributed by atoms with Gasteiger partial charge in [-0.3, -0.25) is 0 Å². The fourth-order valence-corrected chi connectivity index (χ4v) is 3.25. The molecule has 1 atom stereocenters. The third-order valence-corrected chi connectivity index (χ3v) is 4.68. The van der Waals surface area contributed by atoms with E-state index in [2.05, 4.69) is 24.4 Å². The molecule has 0 aliphatic carbocycles. The summed E-state index contributed by atoms with van der Waals surface area (Å²) >= 11 is 0. The number of methoxy groups -OCH3 is 3. The highest BCUT2D eigenvalue weighted by molar-refractivity contribution is 5.36. The Morgan fingerprint density at radius 3 is 2.70 bits per heavy atom. The molecule has 2 rings (SSSR count). The Balaban J connectivity index is 1.81. The summed E-state index contributed by atoms with van der Waals surface area (Å²) in [5.41, 5.74) is 2.42. The Morgan fingerprint density at radius 1 is 1.26 bits per heavy atom. The minimum Gasteiger partial charge on any atom is -0.496 e. The molecule has 0 spiro atoms. The first kappa shape index (κ1) is 18.2. The topological polar surface area (TPSA) is 49.0 Å². The van der Waals surface area contributed by atoms with Crippen LogP contribution in [-0.4, -0.2) is 46.9 Å². The van der Waals surface area contributed by atoms with Crippen LogP contribution in [0.25, 0.3) is 0 Å². The van der Waals surface area contributed by atoms with Crippen molar-refractivity contribution in [3.8, 4) is 5.75 Å². The van der Waals surface area contributed by atoms with Gasteiger partial charge in [0, 0.05) is 33.1 Å². The van der Waals surface area contributed by atoms with Crippen molar-refractivity contribution < 1.29 is 18.9 Å². The molecule has 0 radical (unpaired) electrons. The summed E-state index contributed by atoms with van der Waals surface area (Å²) in [6, 6.07) is 6.27. The Morgan fingerprint density at radius 2 is 2.04 bits per heavy atom. The van der Waals surface area contributed by atoms with Gasteiger partial charge in [0.25, 0.3) is 0 Å². The van der Waals surface area contributed by atoms with Crippen LogP contribution >= 0.6 is 0 Å². The van der Waals surface area contributed by atoms with Gasteiger partial charge in [-0.05, 0) is 37.1 Å². The van der Waals surface area contributed by atoms with Crippen molar-refractivity contribution in [2.24, 2.45) is 5.92 Å². The van der Waals surface area contributed by atoms with E-state index in [9.17, 15) is 0 Å². The van der Waals surface area contributed by atoms with Gasteiger partial charge in [-0.2, -0.15) is 0 Å². The van der Waals surface area contributed by atoms with Gasteiger partial charge in [0.05, 0.1) is 20.3 Å². The van der Waals surface area contributed by atoms with Crippen molar-refractivity contribution >= 4 is 0 Å². The van der Waals surface area contributed by atoms with Gasteiger partial charge < -0.3 is 24.3 Å². The molecule has 1 heterocycles. The third kappa shape index (κ3) is 4.44. The van der Waals surface area contributed by atoms with Gasteiger partial charge in [0.1, 0.15) is 5.75 Å². The molecule has 0 saturated carbocycles. The second-order valence-corrected chi connectivity index (χ2v) is 6.01. The molecule has 5 heteroatoms. The first-order valence-corrected chi connectivity index (χ1v) is 8.17. The van der Waals surface area contributed by atoms with Crippen molar-refractivity contribution in [3.63, 3.8) is 0 Å². The largest absolute Gasteiger partial charge is 0.496 e. The number of rotatable bonds is 8. The van der Waals surface area contributed by atoms with E-state index in [4.69, 9.17) is 18.9 Å². The van der Waals surface area contributed by atoms with Crippen molar-refractivity contribution in [1.82, 2.24) is 5.32 Å². The van der Waals surface area contributed by atoms with Crippen molar-refractivity contribution in [1.29, 1.82) is 0 Å². The lowest BCUT2D eigenvalue weighted by atomic mass is 9.91. The summed E-state index contributed by atoms with van der Waals surface area (Å²) in [6.07, 6.45) is 1.74. The second kappa shape index (κ2) is 8.64. The van der Waals surface area contributed by atoms with Gasteiger partial charge in [0.15, 0.2) is 5.79 Å². The monoisotopic (exact) mass is 323 g/mol. The molecular weight excluding hydrogens is 294 g/mol. The highest BCUT2D eigenvalue weighted by Gasteiger charge is 2.41. The zero-order chi connectivity index (χ0) is 16.7. The first-order valence-electron chi connectivity index (χ1n) is 8.17. The van der Waals surface area contributed by atoms with Crippen LogP contribution in [0.3, 0.4) is 0 Å². The van der Waals surface area contributed by atoms with E-state index in [-0.39, 0.29) is 5.92 Å². The van der Waals surface area contributed by atoms with Gasteiger partial charge in [0.2, 0.25) is 0 Å². The van der Waals surface area contributed by atoms with Crippen molar-refractivity contribution in [2.45, 2.75) is 32.1 Å². The molecule has 1 aliphatic rings. The van der Waals surface area contributed by atoms with Crippen LogP contribution in [0, 0.1) is 12.8 Å². The minimum absolute atomic E-state index is 0.247. The highest BCUT2D eigenvalue weighted by atomic mass is 16.7. The van der Waals surface area contributed by atoms with E-state index in [1.54, 1.807) is 21.3 Å². The Kier molecular flexibility index (Phi) is 6.84. The molecule has 0 aromatic heterocycles. The average molecular weight is 323 g/mol. The molecule has 0 amide bonds. The summed E-state index contributed by atoms with van der Waals surface area (Å²) in [4.78, 5) is 0. The van der Waals surface area contributed by atoms with Crippen LogP contribution in [0.4, 0.5) is 0 Å². The number of benzene rings is 1. The van der Waals surface area contributed by atoms with E-state index in [0.717, 1.165) is 37.2 Å². The molecule has 1 unspecified atom stereocenters. The molecule has 1 aliphatic heterocycles. The summed E-state index contributed by atoms with van der Waals surface area (Å²) in [7, 11) is 5.13. The Labute approximate surface area is 139 Å². The van der Waals surface area contributed by atoms with E-state index in [1.165, 1.54) is 5.56 Å². The maximum Gasteiger partial charge on any atom is 0.174 e. The van der Waals surface area contributed by atoms with Gasteiger partial charge >= 0.3 is 0 Å². The van der Waals surface area contributed by atoms with Crippen LogP contribution in [-0.2, 0) is 20.8 Å². The lowest BCUT2D eigenvalue weighted by Crippen LogP contribution is -2.49. The highest BCUT2D eigenvalue weighted by Crippen LogP contribution is 2.32. The minimum atomic E-state index is -0.503. The smallest absolute Gasteiger partial charge is 0.174 e. The SMILES string of the molecule is COc1ccc(CNCCC2COCCC2(OC)OC)cc1C. The predicted octanol–water partition coefficient (Wildman–Crippen LogP) is 2.51. The quantitative estimate of drug-likeness (QED) is 0.588. The van der Waals surface area contributed by atoms with Crippen LogP contribution in [0.2, 0.25) is 0 Å². The molecule has 1 N–H and O–H groups in total. The first-order chi connectivity index (χ1) is 11.1. The van der Waals surface area contributed by atoms with Crippen LogP contribution < -0.4 is 10.1 Å². The lowest BCUT2D eigenvalue weighted by Gasteiger charge is -2.41. The van der Waals surface area contributed by atoms with E-state index in [0.29, 0.717) is 13.2 Å². The normalized spacial score (nSPS) is 20.4. The molecule has 1 fully saturated rings. The average Bonchev–Trinajstić information content (AvgIpc) is 2.59. The fourth-order valence-electron chi connectivity index (χ4n) is 3.25. The van der Waals surface area contributed by atoms with E-state index < -0.39 is 5.79 Å². The Hall–Kier alpha value is -1.14. The molecule has 1 saturated heterocycles. The summed E-state index contributed by atoms with van der Waals surface area (Å²) in [5, 5.41) is 3.49. The fraction of sp³-hybridized carbons (Fsp3) is 0.667. The molecule has 5 nitrogen and oxygen atoms in total. The molecule has 130 valence electrons. The number of ether oxygens (including phenoxy) is 4. The molecule has 1 aromatic rings. The van der Waals surface area contributed by atoms with Gasteiger partial charge in [-0.1, -0.05) is 12.1 Å². The van der Waals surface area contributed by atoms with Crippen molar-refractivity contribution in [3.05, 3.63) is 29.3 Å². The number of aryl methyl sites for hydroxylation is 1. The molecule has 23 heavy (non-hydrogen) atoms. The maximum atomic E-state index is 5.65. The maximum absolute atomic E-state index is 5.65. The van der Waals surface area contributed by atoms with Crippen LogP contribution in [0.1, 0.15) is 24.0 Å². The molecular formula is C18H29NO4. The van der Waals surface area contributed by atoms with Crippen molar-refractivity contribution in [2.75, 3.05) is 41.1 Å². The van der Waals surface area contributed by atoms with Gasteiger partial charge in [-0.25, -0.2) is 0 Å². The zero-order valence-corrected chi connectivity index (χ0v) is 14.7. The van der Waals surface area contributed by atoms with E-state index in [1.807, 2.05) is 6.07 Å². The molecule has 1 aromatic carbocycles. The number of nitrogens with one attached hydrogen (secondary N) is 1. The standard InChI is InChI=1S/C18H29NO4/c1-14-11-15(5-6-17(14)20-2)12-19-9-7-16-13-23-10-8-18(16,21-3)22-4/h5-6,11,16,19H,7-10,12-13H2,1-4H3. The van der Waals surface area contributed by atoms with Gasteiger partial charge in [-0.15, -0.1) is 0 Å². The lowest BCUT2D eigenvalue weighted by molar-refractivity contribution is -0.276. The second-order valence-electron chi connectivity index (χ2n) is 6.01. The molecule has 0 bridgehead atoms. The predicted molar refractivity (Wildman–Crippen MR) is 89.7 cm³/mol. The number of hydrogen-bond donors (Lipinski definition) is 1. The Bertz CT molecular complexity index is 488. The van der Waals surface area contributed by atoms with Crippen LogP contribution in [0.15, 0.2) is 18.2 Å². The van der Waals surface area contributed by atoms with Crippen LogP contribution in [0.5, 0.6) is 5.75 Å². The third-order valence-electron chi connectivity index (χ3n) is 4.68. The summed E-state index contributed by atoms with van der Waals surface area (Å²) in [5.74, 6) is 0.672. The zero-order valence-electron chi connectivity index (χ0n) is 14.7. The number of hydrogen-bond acceptors (Lipinski definition) is 5. The summed E-state index contributed by atoms with van der Waals surface area (Å²) < 4.78 is 22.2. The summed E-state index contributed by atoms with van der Waals surface area (Å²) in [6.45, 7) is 5.17. The van der Waals surface area contributed by atoms with E-state index >= 15 is 0 Å².